The Morgan fingerprint density at radius 3 is 2.53 bits per heavy atom. The number of β-amino-alcohol motifs (C(OH)–C–C–N with tert-alkyl or cyclic N) is 2. The van der Waals surface area contributed by atoms with Crippen LogP contribution in [0.2, 0.25) is 0 Å². The number of hydrogen-bond acceptors (Lipinski definition) is 5. The van der Waals surface area contributed by atoms with E-state index in [0.29, 0.717) is 5.75 Å². The van der Waals surface area contributed by atoms with E-state index in [0.717, 1.165) is 4.90 Å². The summed E-state index contributed by atoms with van der Waals surface area (Å²) in [7, 11) is 0. The van der Waals surface area contributed by atoms with E-state index in [-0.39, 0.29) is 19.0 Å². The van der Waals surface area contributed by atoms with E-state index < -0.39 is 12.2 Å². The molecule has 1 aromatic rings. The van der Waals surface area contributed by atoms with Crippen molar-refractivity contribution in [3.05, 3.63) is 24.5 Å². The molecular weight excluding hydrogens is 240 g/mol. The van der Waals surface area contributed by atoms with Gasteiger partial charge in [0.15, 0.2) is 0 Å². The fourth-order valence-corrected chi connectivity index (χ4v) is 2.43. The SMILES string of the molecule is O=C(CSc1ccncc1)N1C[C@@H](O)[C@@H](O)C1. The van der Waals surface area contributed by atoms with Crippen LogP contribution in [0, 0.1) is 0 Å². The number of aromatic nitrogens is 1. The Balaban J connectivity index is 1.82. The van der Waals surface area contributed by atoms with Crippen LogP contribution in [0.5, 0.6) is 0 Å². The fourth-order valence-electron chi connectivity index (χ4n) is 1.64. The molecule has 1 amide bonds. The van der Waals surface area contributed by atoms with E-state index in [1.807, 2.05) is 12.1 Å². The molecule has 5 nitrogen and oxygen atoms in total. The van der Waals surface area contributed by atoms with Crippen molar-refractivity contribution in [3.8, 4) is 0 Å². The number of amides is 1. The molecule has 1 aliphatic rings. The predicted octanol–water partition coefficient (Wildman–Crippen LogP) is -0.262. The van der Waals surface area contributed by atoms with Gasteiger partial charge in [-0.2, -0.15) is 0 Å². The Morgan fingerprint density at radius 2 is 1.94 bits per heavy atom. The maximum atomic E-state index is 11.8. The van der Waals surface area contributed by atoms with Gasteiger partial charge in [-0.15, -0.1) is 11.8 Å². The van der Waals surface area contributed by atoms with E-state index in [4.69, 9.17) is 0 Å². The minimum absolute atomic E-state index is 0.0672. The third-order valence-electron chi connectivity index (χ3n) is 2.62. The van der Waals surface area contributed by atoms with Gasteiger partial charge in [-0.3, -0.25) is 9.78 Å². The zero-order valence-electron chi connectivity index (χ0n) is 9.19. The summed E-state index contributed by atoms with van der Waals surface area (Å²) in [6.07, 6.45) is 1.72. The second kappa shape index (κ2) is 5.48. The van der Waals surface area contributed by atoms with Gasteiger partial charge >= 0.3 is 0 Å². The first-order chi connectivity index (χ1) is 8.16. The molecule has 2 rings (SSSR count). The molecule has 1 saturated heterocycles. The summed E-state index contributed by atoms with van der Waals surface area (Å²) < 4.78 is 0. The molecule has 0 aliphatic carbocycles. The molecule has 92 valence electrons. The average molecular weight is 254 g/mol. The number of aliphatic hydroxyl groups is 2. The lowest BCUT2D eigenvalue weighted by Gasteiger charge is -2.14. The third-order valence-corrected chi connectivity index (χ3v) is 3.62. The van der Waals surface area contributed by atoms with Gasteiger partial charge in [0.05, 0.1) is 18.0 Å². The van der Waals surface area contributed by atoms with Gasteiger partial charge in [-0.1, -0.05) is 0 Å². The van der Waals surface area contributed by atoms with E-state index in [9.17, 15) is 15.0 Å². The van der Waals surface area contributed by atoms with Crippen LogP contribution >= 0.6 is 11.8 Å². The molecular formula is C11H14N2O3S. The maximum absolute atomic E-state index is 11.8. The normalized spacial score (nSPS) is 24.0. The first-order valence-corrected chi connectivity index (χ1v) is 6.32. The van der Waals surface area contributed by atoms with Crippen LogP contribution in [-0.2, 0) is 4.79 Å². The molecule has 17 heavy (non-hydrogen) atoms. The predicted molar refractivity (Wildman–Crippen MR) is 63.6 cm³/mol. The molecule has 1 aromatic heterocycles. The zero-order valence-corrected chi connectivity index (χ0v) is 10.0. The number of carbonyl (C=O) groups is 1. The molecule has 0 unspecified atom stereocenters. The first-order valence-electron chi connectivity index (χ1n) is 5.33. The number of likely N-dealkylation sites (tertiary alicyclic amines) is 1. The van der Waals surface area contributed by atoms with Gasteiger partial charge < -0.3 is 15.1 Å². The molecule has 6 heteroatoms. The van der Waals surface area contributed by atoms with Crippen molar-refractivity contribution in [2.45, 2.75) is 17.1 Å². The highest BCUT2D eigenvalue weighted by Gasteiger charge is 2.32. The number of thioether (sulfide) groups is 1. The number of rotatable bonds is 3. The van der Waals surface area contributed by atoms with Crippen molar-refractivity contribution in [2.24, 2.45) is 0 Å². The molecule has 1 fully saturated rings. The van der Waals surface area contributed by atoms with Crippen LogP contribution in [0.1, 0.15) is 0 Å². The molecule has 0 bridgehead atoms. The summed E-state index contributed by atoms with van der Waals surface area (Å²) in [5.41, 5.74) is 0. The Bertz CT molecular complexity index is 378. The molecule has 0 radical (unpaired) electrons. The monoisotopic (exact) mass is 254 g/mol. The lowest BCUT2D eigenvalue weighted by atomic mass is 10.3. The highest BCUT2D eigenvalue weighted by atomic mass is 32.2. The molecule has 2 N–H and O–H groups in total. The van der Waals surface area contributed by atoms with Crippen molar-refractivity contribution in [2.75, 3.05) is 18.8 Å². The van der Waals surface area contributed by atoms with Crippen LogP contribution in [0.4, 0.5) is 0 Å². The number of nitrogens with zero attached hydrogens (tertiary/aromatic N) is 2. The fraction of sp³-hybridized carbons (Fsp3) is 0.455. The lowest BCUT2D eigenvalue weighted by molar-refractivity contribution is -0.127. The summed E-state index contributed by atoms with van der Waals surface area (Å²) in [4.78, 5) is 18.1. The maximum Gasteiger partial charge on any atom is 0.233 e. The van der Waals surface area contributed by atoms with Gasteiger partial charge in [0, 0.05) is 30.4 Å². The number of aliphatic hydroxyl groups excluding tert-OH is 2. The zero-order chi connectivity index (χ0) is 12.3. The van der Waals surface area contributed by atoms with E-state index in [1.165, 1.54) is 16.7 Å². The molecule has 0 saturated carbocycles. The van der Waals surface area contributed by atoms with Crippen molar-refractivity contribution in [3.63, 3.8) is 0 Å². The lowest BCUT2D eigenvalue weighted by Crippen LogP contribution is -2.31. The topological polar surface area (TPSA) is 73.7 Å². The van der Waals surface area contributed by atoms with Crippen molar-refractivity contribution in [1.82, 2.24) is 9.88 Å². The minimum atomic E-state index is -0.815. The summed E-state index contributed by atoms with van der Waals surface area (Å²) in [6.45, 7) is 0.438. The van der Waals surface area contributed by atoms with Crippen LogP contribution in [0.25, 0.3) is 0 Å². The molecule has 0 aromatic carbocycles. The van der Waals surface area contributed by atoms with Crippen LogP contribution < -0.4 is 0 Å². The Hall–Kier alpha value is -1.11. The average Bonchev–Trinajstić information content (AvgIpc) is 2.68. The highest BCUT2D eigenvalue weighted by molar-refractivity contribution is 8.00. The number of pyridine rings is 1. The summed E-state index contributed by atoms with van der Waals surface area (Å²) in [6, 6.07) is 3.68. The van der Waals surface area contributed by atoms with E-state index in [1.54, 1.807) is 12.4 Å². The largest absolute Gasteiger partial charge is 0.388 e. The standard InChI is InChI=1S/C11H14N2O3S/c14-9-5-13(6-10(9)15)11(16)7-17-8-1-3-12-4-2-8/h1-4,9-10,14-15H,5-7H2/t9-,10+. The minimum Gasteiger partial charge on any atom is -0.388 e. The Morgan fingerprint density at radius 1 is 1.35 bits per heavy atom. The van der Waals surface area contributed by atoms with Gasteiger partial charge in [-0.25, -0.2) is 0 Å². The Labute approximate surface area is 103 Å². The summed E-state index contributed by atoms with van der Waals surface area (Å²) in [5, 5.41) is 18.7. The van der Waals surface area contributed by atoms with Crippen molar-refractivity contribution in [1.29, 1.82) is 0 Å². The molecule has 2 atom stereocenters. The second-order valence-electron chi connectivity index (χ2n) is 3.91. The van der Waals surface area contributed by atoms with Crippen molar-refractivity contribution < 1.29 is 15.0 Å². The molecule has 1 aliphatic heterocycles. The Kier molecular flexibility index (Phi) is 3.98. The third kappa shape index (κ3) is 3.18. The van der Waals surface area contributed by atoms with Crippen LogP contribution in [0.3, 0.4) is 0 Å². The molecule has 2 heterocycles. The second-order valence-corrected chi connectivity index (χ2v) is 4.95. The molecule has 0 spiro atoms. The highest BCUT2D eigenvalue weighted by Crippen LogP contribution is 2.18. The van der Waals surface area contributed by atoms with Gasteiger partial charge in [0.2, 0.25) is 5.91 Å². The van der Waals surface area contributed by atoms with Crippen LogP contribution in [0.15, 0.2) is 29.4 Å². The van der Waals surface area contributed by atoms with Gasteiger partial charge in [-0.05, 0) is 12.1 Å². The smallest absolute Gasteiger partial charge is 0.233 e. The van der Waals surface area contributed by atoms with Gasteiger partial charge in [0.1, 0.15) is 0 Å². The summed E-state index contributed by atoms with van der Waals surface area (Å²) in [5.74, 6) is 0.242. The number of hydrogen-bond donors (Lipinski definition) is 2. The first kappa shape index (κ1) is 12.3. The van der Waals surface area contributed by atoms with E-state index >= 15 is 0 Å². The van der Waals surface area contributed by atoms with Gasteiger partial charge in [0.25, 0.3) is 0 Å². The quantitative estimate of drug-likeness (QED) is 0.727. The van der Waals surface area contributed by atoms with E-state index in [2.05, 4.69) is 4.98 Å². The number of carbonyl (C=O) groups excluding carboxylic acids is 1. The van der Waals surface area contributed by atoms with Crippen LogP contribution in [-0.4, -0.2) is 57.1 Å². The van der Waals surface area contributed by atoms with Crippen molar-refractivity contribution >= 4 is 17.7 Å². The summed E-state index contributed by atoms with van der Waals surface area (Å²) >= 11 is 1.42.